The first-order valence-corrected chi connectivity index (χ1v) is 4.46. The lowest BCUT2D eigenvalue weighted by Crippen LogP contribution is -2.71. The third-order valence-corrected chi connectivity index (χ3v) is 2.89. The van der Waals surface area contributed by atoms with Crippen LogP contribution < -0.4 is 0 Å². The first kappa shape index (κ1) is 7.56. The predicted molar refractivity (Wildman–Crippen MR) is 44.4 cm³/mol. The van der Waals surface area contributed by atoms with Gasteiger partial charge < -0.3 is 4.74 Å². The van der Waals surface area contributed by atoms with E-state index in [1.807, 2.05) is 0 Å². The fourth-order valence-electron chi connectivity index (χ4n) is 2.17. The summed E-state index contributed by atoms with van der Waals surface area (Å²) in [5.41, 5.74) is 0.469. The van der Waals surface area contributed by atoms with Crippen molar-refractivity contribution in [2.24, 2.45) is 0 Å². The van der Waals surface area contributed by atoms with E-state index in [1.165, 1.54) is 19.4 Å². The van der Waals surface area contributed by atoms with Crippen molar-refractivity contribution in [1.82, 2.24) is 4.90 Å². The number of rotatable bonds is 0. The molecule has 2 rings (SSSR count). The van der Waals surface area contributed by atoms with Gasteiger partial charge in [-0.25, -0.2) is 0 Å². The minimum absolute atomic E-state index is 0.179. The summed E-state index contributed by atoms with van der Waals surface area (Å²) in [6.45, 7) is 8.96. The van der Waals surface area contributed by atoms with E-state index in [2.05, 4.69) is 25.7 Å². The summed E-state index contributed by atoms with van der Waals surface area (Å²) < 4.78 is 5.62. The van der Waals surface area contributed by atoms with Crippen molar-refractivity contribution in [3.05, 3.63) is 0 Å². The van der Waals surface area contributed by atoms with Crippen molar-refractivity contribution in [3.63, 3.8) is 0 Å². The molecule has 2 aliphatic heterocycles. The molecule has 2 aliphatic rings. The Kier molecular flexibility index (Phi) is 1.37. The zero-order chi connectivity index (χ0) is 8.11. The second-order valence-electron chi connectivity index (χ2n) is 4.62. The van der Waals surface area contributed by atoms with Gasteiger partial charge in [0.2, 0.25) is 0 Å². The van der Waals surface area contributed by atoms with Crippen molar-refractivity contribution in [3.8, 4) is 0 Å². The Morgan fingerprint density at radius 1 is 1.27 bits per heavy atom. The molecule has 0 N–H and O–H groups in total. The monoisotopic (exact) mass is 155 g/mol. The zero-order valence-corrected chi connectivity index (χ0v) is 7.68. The number of likely N-dealkylation sites (tertiary alicyclic amines) is 1. The molecule has 64 valence electrons. The van der Waals surface area contributed by atoms with E-state index in [-0.39, 0.29) is 5.72 Å². The fourth-order valence-corrected chi connectivity index (χ4v) is 2.17. The molecule has 0 radical (unpaired) electrons. The minimum atomic E-state index is 0.179. The van der Waals surface area contributed by atoms with Crippen LogP contribution in [0.25, 0.3) is 0 Å². The Balaban J connectivity index is 2.06. The Bertz CT molecular complexity index is 161. The highest BCUT2D eigenvalue weighted by atomic mass is 16.5. The summed E-state index contributed by atoms with van der Waals surface area (Å²) in [6.07, 6.45) is 2.48. The van der Waals surface area contributed by atoms with Crippen LogP contribution in [0, 0.1) is 0 Å². The summed E-state index contributed by atoms with van der Waals surface area (Å²) in [7, 11) is 0. The van der Waals surface area contributed by atoms with E-state index in [4.69, 9.17) is 4.74 Å². The van der Waals surface area contributed by atoms with Crippen molar-refractivity contribution >= 4 is 0 Å². The van der Waals surface area contributed by atoms with Gasteiger partial charge in [0.1, 0.15) is 5.72 Å². The van der Waals surface area contributed by atoms with Crippen molar-refractivity contribution in [2.75, 3.05) is 13.2 Å². The van der Waals surface area contributed by atoms with E-state index >= 15 is 0 Å². The maximum absolute atomic E-state index is 5.62. The third-order valence-electron chi connectivity index (χ3n) is 2.89. The molecule has 1 unspecified atom stereocenters. The highest BCUT2D eigenvalue weighted by molar-refractivity contribution is 5.01. The minimum Gasteiger partial charge on any atom is -0.360 e. The Morgan fingerprint density at radius 3 is 2.00 bits per heavy atom. The molecule has 0 aromatic heterocycles. The van der Waals surface area contributed by atoms with Crippen molar-refractivity contribution < 1.29 is 4.74 Å². The smallest absolute Gasteiger partial charge is 0.125 e. The number of hydrogen-bond acceptors (Lipinski definition) is 2. The third kappa shape index (κ3) is 0.926. The van der Waals surface area contributed by atoms with E-state index in [0.29, 0.717) is 5.54 Å². The lowest BCUT2D eigenvalue weighted by molar-refractivity contribution is -0.312. The van der Waals surface area contributed by atoms with Gasteiger partial charge in [-0.3, -0.25) is 4.90 Å². The second kappa shape index (κ2) is 1.99. The summed E-state index contributed by atoms with van der Waals surface area (Å²) >= 11 is 0. The Labute approximate surface area is 68.5 Å². The van der Waals surface area contributed by atoms with Gasteiger partial charge in [0, 0.05) is 24.9 Å². The zero-order valence-electron chi connectivity index (χ0n) is 7.68. The van der Waals surface area contributed by atoms with Gasteiger partial charge in [-0.2, -0.15) is 0 Å². The normalized spacial score (nSPS) is 38.5. The first-order chi connectivity index (χ1) is 5.05. The lowest BCUT2D eigenvalue weighted by atomic mass is 9.85. The van der Waals surface area contributed by atoms with E-state index in [0.717, 1.165) is 6.61 Å². The molecule has 2 fully saturated rings. The van der Waals surface area contributed by atoms with Crippen LogP contribution in [-0.4, -0.2) is 29.3 Å². The summed E-state index contributed by atoms with van der Waals surface area (Å²) in [5.74, 6) is 0. The maximum atomic E-state index is 5.62. The molecular weight excluding hydrogens is 138 g/mol. The lowest BCUT2D eigenvalue weighted by Gasteiger charge is -2.62. The SMILES string of the molecule is CC(C)(C)N1CCC12CCO2. The quantitative estimate of drug-likeness (QED) is 0.527. The molecule has 0 aromatic carbocycles. The van der Waals surface area contributed by atoms with E-state index in [1.54, 1.807) is 0 Å². The molecule has 2 saturated heterocycles. The van der Waals surface area contributed by atoms with Gasteiger partial charge in [0.25, 0.3) is 0 Å². The summed E-state index contributed by atoms with van der Waals surface area (Å²) in [4.78, 5) is 2.48. The largest absolute Gasteiger partial charge is 0.360 e. The van der Waals surface area contributed by atoms with Gasteiger partial charge >= 0.3 is 0 Å². The molecule has 0 aromatic rings. The maximum Gasteiger partial charge on any atom is 0.125 e. The van der Waals surface area contributed by atoms with Crippen molar-refractivity contribution in [2.45, 2.75) is 44.9 Å². The van der Waals surface area contributed by atoms with Crippen LogP contribution >= 0.6 is 0 Å². The van der Waals surface area contributed by atoms with E-state index < -0.39 is 0 Å². The van der Waals surface area contributed by atoms with Crippen LogP contribution in [0.2, 0.25) is 0 Å². The molecule has 0 amide bonds. The molecule has 2 heterocycles. The molecule has 1 spiro atoms. The van der Waals surface area contributed by atoms with Crippen LogP contribution in [0.1, 0.15) is 33.6 Å². The Morgan fingerprint density at radius 2 is 1.91 bits per heavy atom. The number of nitrogens with zero attached hydrogens (tertiary/aromatic N) is 1. The molecular formula is C9H17NO. The topological polar surface area (TPSA) is 12.5 Å². The van der Waals surface area contributed by atoms with E-state index in [9.17, 15) is 0 Å². The molecule has 0 bridgehead atoms. The molecule has 2 nitrogen and oxygen atoms in total. The molecule has 2 heteroatoms. The summed E-state index contributed by atoms with van der Waals surface area (Å²) in [6, 6.07) is 0. The van der Waals surface area contributed by atoms with Gasteiger partial charge in [-0.15, -0.1) is 0 Å². The van der Waals surface area contributed by atoms with Gasteiger partial charge in [0.15, 0.2) is 0 Å². The molecule has 0 saturated carbocycles. The van der Waals surface area contributed by atoms with Crippen LogP contribution in [-0.2, 0) is 4.74 Å². The first-order valence-electron chi connectivity index (χ1n) is 4.46. The second-order valence-corrected chi connectivity index (χ2v) is 4.62. The van der Waals surface area contributed by atoms with Crippen LogP contribution in [0.5, 0.6) is 0 Å². The molecule has 1 atom stereocenters. The predicted octanol–water partition coefficient (Wildman–Crippen LogP) is 1.61. The fraction of sp³-hybridized carbons (Fsp3) is 1.00. The molecule has 0 aliphatic carbocycles. The van der Waals surface area contributed by atoms with Crippen LogP contribution in [0.15, 0.2) is 0 Å². The van der Waals surface area contributed by atoms with Crippen molar-refractivity contribution in [1.29, 1.82) is 0 Å². The highest BCUT2D eigenvalue weighted by Gasteiger charge is 2.54. The summed E-state index contributed by atoms with van der Waals surface area (Å²) in [5, 5.41) is 0. The molecule has 11 heavy (non-hydrogen) atoms. The van der Waals surface area contributed by atoms with Crippen LogP contribution in [0.4, 0.5) is 0 Å². The highest BCUT2D eigenvalue weighted by Crippen LogP contribution is 2.45. The number of hydrogen-bond donors (Lipinski definition) is 0. The average Bonchev–Trinajstić information content (AvgIpc) is 1.49. The van der Waals surface area contributed by atoms with Gasteiger partial charge in [0.05, 0.1) is 6.61 Å². The average molecular weight is 155 g/mol. The number of ether oxygens (including phenoxy) is 1. The standard InChI is InChI=1S/C9H17NO/c1-8(2,3)10-6-4-9(10)5-7-11-9/h4-7H2,1-3H3. The van der Waals surface area contributed by atoms with Gasteiger partial charge in [-0.05, 0) is 20.8 Å². The Hall–Kier alpha value is -0.0800. The van der Waals surface area contributed by atoms with Crippen LogP contribution in [0.3, 0.4) is 0 Å². The van der Waals surface area contributed by atoms with Gasteiger partial charge in [-0.1, -0.05) is 0 Å².